The minimum atomic E-state index is -2.99. The molecule has 0 heterocycles. The third kappa shape index (κ3) is 4.26. The summed E-state index contributed by atoms with van der Waals surface area (Å²) in [6.07, 6.45) is 6.64. The first-order valence-electron chi connectivity index (χ1n) is 6.70. The van der Waals surface area contributed by atoms with Gasteiger partial charge in [0, 0.05) is 12.0 Å². The third-order valence-electron chi connectivity index (χ3n) is 4.15. The van der Waals surface area contributed by atoms with E-state index in [4.69, 9.17) is 0 Å². The Hall–Kier alpha value is -0.580. The highest BCUT2D eigenvalue weighted by Crippen LogP contribution is 2.44. The number of hydrogen-bond donors (Lipinski definition) is 1. The normalized spacial score (nSPS) is 29.1. The van der Waals surface area contributed by atoms with E-state index < -0.39 is 21.2 Å². The first-order chi connectivity index (χ1) is 8.29. The molecule has 106 valence electrons. The van der Waals surface area contributed by atoms with Crippen LogP contribution in [0.1, 0.15) is 51.9 Å². The van der Waals surface area contributed by atoms with Crippen LogP contribution in [0.25, 0.3) is 0 Å². The number of aliphatic carboxylic acids is 1. The highest BCUT2D eigenvalue weighted by Gasteiger charge is 2.41. The largest absolute Gasteiger partial charge is 0.481 e. The van der Waals surface area contributed by atoms with Crippen LogP contribution in [0.5, 0.6) is 0 Å². The SMILES string of the molecule is CCC1CCCC(CCCS(C)(=O)=O)(C(=O)O)C1. The monoisotopic (exact) mass is 276 g/mol. The first-order valence-corrected chi connectivity index (χ1v) is 8.76. The molecule has 0 bridgehead atoms. The summed E-state index contributed by atoms with van der Waals surface area (Å²) in [5, 5.41) is 9.48. The second-order valence-corrected chi connectivity index (χ2v) is 7.95. The fourth-order valence-corrected chi connectivity index (χ4v) is 3.70. The van der Waals surface area contributed by atoms with Gasteiger partial charge in [0.1, 0.15) is 9.84 Å². The lowest BCUT2D eigenvalue weighted by molar-refractivity contribution is -0.152. The molecule has 1 saturated carbocycles. The molecule has 1 aliphatic carbocycles. The van der Waals surface area contributed by atoms with Crippen molar-refractivity contribution in [1.29, 1.82) is 0 Å². The van der Waals surface area contributed by atoms with Crippen molar-refractivity contribution >= 4 is 15.8 Å². The average molecular weight is 276 g/mol. The van der Waals surface area contributed by atoms with Gasteiger partial charge in [0.05, 0.1) is 5.41 Å². The van der Waals surface area contributed by atoms with Gasteiger partial charge in [-0.25, -0.2) is 8.42 Å². The Balaban J connectivity index is 2.66. The summed E-state index contributed by atoms with van der Waals surface area (Å²) in [6.45, 7) is 2.10. The van der Waals surface area contributed by atoms with Crippen LogP contribution in [0.4, 0.5) is 0 Å². The molecule has 1 fully saturated rings. The number of rotatable bonds is 6. The highest BCUT2D eigenvalue weighted by molar-refractivity contribution is 7.90. The van der Waals surface area contributed by atoms with E-state index in [1.165, 1.54) is 6.26 Å². The van der Waals surface area contributed by atoms with Gasteiger partial charge < -0.3 is 5.11 Å². The maximum atomic E-state index is 11.5. The van der Waals surface area contributed by atoms with Gasteiger partial charge in [-0.05, 0) is 31.6 Å². The van der Waals surface area contributed by atoms with Crippen LogP contribution >= 0.6 is 0 Å². The molecule has 5 heteroatoms. The molecule has 0 aliphatic heterocycles. The van der Waals surface area contributed by atoms with Gasteiger partial charge in [-0.2, -0.15) is 0 Å². The Morgan fingerprint density at radius 1 is 1.44 bits per heavy atom. The quantitative estimate of drug-likeness (QED) is 0.809. The fourth-order valence-electron chi connectivity index (χ4n) is 3.04. The van der Waals surface area contributed by atoms with Crippen molar-refractivity contribution in [3.05, 3.63) is 0 Å². The van der Waals surface area contributed by atoms with Gasteiger partial charge in [0.25, 0.3) is 0 Å². The molecule has 1 N–H and O–H groups in total. The zero-order valence-corrected chi connectivity index (χ0v) is 12.1. The topological polar surface area (TPSA) is 71.4 Å². The van der Waals surface area contributed by atoms with E-state index in [9.17, 15) is 18.3 Å². The summed E-state index contributed by atoms with van der Waals surface area (Å²) in [5.41, 5.74) is -0.677. The second-order valence-electron chi connectivity index (χ2n) is 5.69. The molecule has 0 aromatic carbocycles. The molecule has 18 heavy (non-hydrogen) atoms. The van der Waals surface area contributed by atoms with E-state index in [-0.39, 0.29) is 5.75 Å². The van der Waals surface area contributed by atoms with Crippen LogP contribution < -0.4 is 0 Å². The van der Waals surface area contributed by atoms with E-state index in [0.717, 1.165) is 19.3 Å². The third-order valence-corrected chi connectivity index (χ3v) is 5.18. The van der Waals surface area contributed by atoms with Crippen LogP contribution in [0.3, 0.4) is 0 Å². The Kier molecular flexibility index (Phi) is 5.20. The standard InChI is InChI=1S/C13H24O4S/c1-3-11-6-4-7-13(10-11,12(14)15)8-5-9-18(2,16)17/h11H,3-10H2,1-2H3,(H,14,15). The predicted molar refractivity (Wildman–Crippen MR) is 71.3 cm³/mol. The summed E-state index contributed by atoms with van der Waals surface area (Å²) in [7, 11) is -2.99. The molecule has 1 aliphatic rings. The van der Waals surface area contributed by atoms with Crippen molar-refractivity contribution in [2.75, 3.05) is 12.0 Å². The molecule has 4 nitrogen and oxygen atoms in total. The Morgan fingerprint density at radius 3 is 2.61 bits per heavy atom. The van der Waals surface area contributed by atoms with Crippen LogP contribution in [0, 0.1) is 11.3 Å². The molecule has 1 rings (SSSR count). The van der Waals surface area contributed by atoms with Gasteiger partial charge in [0.15, 0.2) is 0 Å². The van der Waals surface area contributed by atoms with E-state index in [2.05, 4.69) is 6.92 Å². The first kappa shape index (κ1) is 15.5. The number of carboxylic acid groups (broad SMARTS) is 1. The molecule has 2 unspecified atom stereocenters. The van der Waals surface area contributed by atoms with E-state index in [1.807, 2.05) is 0 Å². The smallest absolute Gasteiger partial charge is 0.309 e. The van der Waals surface area contributed by atoms with Crippen molar-refractivity contribution in [1.82, 2.24) is 0 Å². The van der Waals surface area contributed by atoms with E-state index >= 15 is 0 Å². The van der Waals surface area contributed by atoms with Crippen LogP contribution in [-0.4, -0.2) is 31.5 Å². The molecular formula is C13H24O4S. The Bertz CT molecular complexity index is 388. The van der Waals surface area contributed by atoms with Crippen LogP contribution in [-0.2, 0) is 14.6 Å². The molecule has 0 saturated heterocycles. The van der Waals surface area contributed by atoms with Crippen LogP contribution in [0.15, 0.2) is 0 Å². The molecule has 0 radical (unpaired) electrons. The van der Waals surface area contributed by atoms with Crippen molar-refractivity contribution in [3.8, 4) is 0 Å². The lowest BCUT2D eigenvalue weighted by Gasteiger charge is -2.37. The van der Waals surface area contributed by atoms with Gasteiger partial charge in [-0.1, -0.05) is 26.2 Å². The molecule has 0 aromatic heterocycles. The summed E-state index contributed by atoms with van der Waals surface area (Å²) >= 11 is 0. The lowest BCUT2D eigenvalue weighted by atomic mass is 9.67. The van der Waals surface area contributed by atoms with Crippen molar-refractivity contribution in [2.45, 2.75) is 51.9 Å². The summed E-state index contributed by atoms with van der Waals surface area (Å²) in [6, 6.07) is 0. The van der Waals surface area contributed by atoms with Gasteiger partial charge in [-0.3, -0.25) is 4.79 Å². The zero-order valence-electron chi connectivity index (χ0n) is 11.3. The molecule has 0 spiro atoms. The van der Waals surface area contributed by atoms with E-state index in [1.54, 1.807) is 0 Å². The fraction of sp³-hybridized carbons (Fsp3) is 0.923. The summed E-state index contributed by atoms with van der Waals surface area (Å²) in [5.74, 6) is -0.166. The number of carbonyl (C=O) groups is 1. The van der Waals surface area contributed by atoms with Crippen molar-refractivity contribution in [2.24, 2.45) is 11.3 Å². The predicted octanol–water partition coefficient (Wildman–Crippen LogP) is 2.48. The number of carboxylic acids is 1. The Morgan fingerprint density at radius 2 is 2.11 bits per heavy atom. The van der Waals surface area contributed by atoms with Gasteiger partial charge >= 0.3 is 5.97 Å². The maximum absolute atomic E-state index is 11.5. The molecular weight excluding hydrogens is 252 g/mol. The van der Waals surface area contributed by atoms with Gasteiger partial charge in [-0.15, -0.1) is 0 Å². The molecule has 2 atom stereocenters. The zero-order chi connectivity index (χ0) is 13.8. The second kappa shape index (κ2) is 6.04. The van der Waals surface area contributed by atoms with Crippen LogP contribution in [0.2, 0.25) is 0 Å². The highest BCUT2D eigenvalue weighted by atomic mass is 32.2. The molecule has 0 aromatic rings. The Labute approximate surface area is 110 Å². The van der Waals surface area contributed by atoms with Gasteiger partial charge in [0.2, 0.25) is 0 Å². The summed E-state index contributed by atoms with van der Waals surface area (Å²) in [4.78, 5) is 11.5. The molecule has 0 amide bonds. The minimum Gasteiger partial charge on any atom is -0.481 e. The average Bonchev–Trinajstić information content (AvgIpc) is 2.27. The van der Waals surface area contributed by atoms with E-state index in [0.29, 0.717) is 31.6 Å². The lowest BCUT2D eigenvalue weighted by Crippen LogP contribution is -2.36. The minimum absolute atomic E-state index is 0.0961. The van der Waals surface area contributed by atoms with Crippen molar-refractivity contribution < 1.29 is 18.3 Å². The maximum Gasteiger partial charge on any atom is 0.309 e. The van der Waals surface area contributed by atoms with Crippen molar-refractivity contribution in [3.63, 3.8) is 0 Å². The summed E-state index contributed by atoms with van der Waals surface area (Å²) < 4.78 is 22.2. The number of hydrogen-bond acceptors (Lipinski definition) is 3. The number of sulfone groups is 1.